The molecule has 0 bridgehead atoms. The van der Waals surface area contributed by atoms with Gasteiger partial charge in [-0.3, -0.25) is 0 Å². The molecule has 46 heavy (non-hydrogen) atoms. The van der Waals surface area contributed by atoms with Gasteiger partial charge in [-0.2, -0.15) is 0 Å². The van der Waals surface area contributed by atoms with Gasteiger partial charge in [-0.15, -0.1) is 0 Å². The van der Waals surface area contributed by atoms with Gasteiger partial charge in [-0.05, 0) is 0 Å². The summed E-state index contributed by atoms with van der Waals surface area (Å²) in [5.41, 5.74) is 14.6. The van der Waals surface area contributed by atoms with E-state index in [4.69, 9.17) is 0 Å². The summed E-state index contributed by atoms with van der Waals surface area (Å²) in [5.74, 6) is 0.721. The third-order valence-corrected chi connectivity index (χ3v) is 12.3. The van der Waals surface area contributed by atoms with Gasteiger partial charge in [0.15, 0.2) is 0 Å². The van der Waals surface area contributed by atoms with E-state index in [1.807, 2.05) is 0 Å². The number of para-hydroxylation sites is 2. The van der Waals surface area contributed by atoms with Gasteiger partial charge < -0.3 is 0 Å². The molecular formula is C39H28BN5Se. The summed E-state index contributed by atoms with van der Waals surface area (Å²) in [7, 11) is 0. The van der Waals surface area contributed by atoms with Crippen LogP contribution in [0.25, 0.3) is 28.0 Å². The van der Waals surface area contributed by atoms with E-state index in [0.29, 0.717) is 0 Å². The van der Waals surface area contributed by atoms with Crippen LogP contribution < -0.4 is 30.2 Å². The van der Waals surface area contributed by atoms with Gasteiger partial charge in [0, 0.05) is 0 Å². The van der Waals surface area contributed by atoms with Crippen molar-refractivity contribution in [1.82, 2.24) is 19.5 Å². The number of aryl methyl sites for hydroxylation is 1. The molecule has 0 fully saturated rings. The summed E-state index contributed by atoms with van der Waals surface area (Å²) in [6, 6.07) is 40.8. The summed E-state index contributed by atoms with van der Waals surface area (Å²) in [4.78, 5) is 15.4. The number of hydrogen-bond donors (Lipinski definition) is 0. The van der Waals surface area contributed by atoms with E-state index in [2.05, 4.69) is 134 Å². The van der Waals surface area contributed by atoms with Crippen molar-refractivity contribution in [3.8, 4) is 17.1 Å². The third kappa shape index (κ3) is 3.85. The quantitative estimate of drug-likeness (QED) is 0.261. The maximum atomic E-state index is 4.46. The van der Waals surface area contributed by atoms with Crippen LogP contribution >= 0.6 is 0 Å². The number of benzene rings is 5. The van der Waals surface area contributed by atoms with Crippen molar-refractivity contribution >= 4 is 74.9 Å². The molecule has 0 unspecified atom stereocenters. The van der Waals surface area contributed by atoms with Crippen LogP contribution in [-0.4, -0.2) is 41.2 Å². The number of anilines is 3. The Kier molecular flexibility index (Phi) is 5.87. The number of fused-ring (bicyclic) bond motifs is 7. The Hall–Kier alpha value is -4.97. The third-order valence-electron chi connectivity index (χ3n) is 9.88. The van der Waals surface area contributed by atoms with E-state index in [0.717, 1.165) is 24.2 Å². The summed E-state index contributed by atoms with van der Waals surface area (Å²) in [5, 5.41) is 1.41. The van der Waals surface area contributed by atoms with E-state index < -0.39 is 0 Å². The van der Waals surface area contributed by atoms with Crippen molar-refractivity contribution in [1.29, 1.82) is 0 Å². The van der Waals surface area contributed by atoms with Crippen molar-refractivity contribution < 1.29 is 0 Å². The molecule has 7 aromatic rings. The molecule has 0 amide bonds. The fraction of sp³-hybridized carbons (Fsp3) is 0.103. The van der Waals surface area contributed by atoms with Gasteiger partial charge in [0.25, 0.3) is 0 Å². The number of nitrogens with zero attached hydrogens (tertiary/aromatic N) is 5. The molecule has 0 saturated heterocycles. The van der Waals surface area contributed by atoms with Crippen LogP contribution in [0, 0.1) is 0 Å². The van der Waals surface area contributed by atoms with Crippen molar-refractivity contribution in [3.63, 3.8) is 0 Å². The zero-order chi connectivity index (χ0) is 30.2. The van der Waals surface area contributed by atoms with Crippen LogP contribution in [0.2, 0.25) is 0 Å². The molecule has 2 aliphatic heterocycles. The summed E-state index contributed by atoms with van der Waals surface area (Å²) in [6.45, 7) is 0.136. The average molecular weight is 656 g/mol. The summed E-state index contributed by atoms with van der Waals surface area (Å²) >= 11 is 0.146. The Labute approximate surface area is 274 Å². The second-order valence-electron chi connectivity index (χ2n) is 12.3. The van der Waals surface area contributed by atoms with Crippen molar-refractivity contribution in [2.24, 2.45) is 0 Å². The van der Waals surface area contributed by atoms with Gasteiger partial charge >= 0.3 is 275 Å². The van der Waals surface area contributed by atoms with Crippen LogP contribution in [0.4, 0.5) is 17.1 Å². The molecule has 3 aliphatic rings. The Morgan fingerprint density at radius 3 is 2.41 bits per heavy atom. The number of hydrogen-bond acceptors (Lipinski definition) is 4. The van der Waals surface area contributed by atoms with Crippen LogP contribution in [0.1, 0.15) is 24.1 Å². The molecule has 0 saturated carbocycles. The van der Waals surface area contributed by atoms with Gasteiger partial charge in [-0.25, -0.2) is 0 Å². The van der Waals surface area contributed by atoms with Crippen molar-refractivity contribution in [2.45, 2.75) is 25.7 Å². The molecule has 5 aromatic carbocycles. The van der Waals surface area contributed by atoms with E-state index in [-0.39, 0.29) is 21.7 Å². The van der Waals surface area contributed by atoms with E-state index in [1.54, 1.807) is 12.7 Å². The molecule has 218 valence electrons. The summed E-state index contributed by atoms with van der Waals surface area (Å²) < 4.78 is 5.40. The molecule has 0 N–H and O–H groups in total. The molecule has 2 aromatic heterocycles. The minimum atomic E-state index is 0.136. The SMILES string of the molecule is c1ccc(N2c3ccc(-n4c5c(c6ccccc64)CCCC5)cc3B3c4ccc(-c5ncncn5)cc4[Se]c4cccc2c43)cc1. The minimum absolute atomic E-state index is 0.136. The first-order valence-corrected chi connectivity index (χ1v) is 17.7. The Balaban J connectivity index is 1.23. The molecule has 5 nitrogen and oxygen atoms in total. The van der Waals surface area contributed by atoms with Crippen LogP contribution in [0.15, 0.2) is 122 Å². The molecule has 1 aliphatic carbocycles. The first-order chi connectivity index (χ1) is 22.8. The second kappa shape index (κ2) is 10.3. The Bertz CT molecular complexity index is 2320. The van der Waals surface area contributed by atoms with E-state index in [1.165, 1.54) is 83.1 Å². The fourth-order valence-corrected chi connectivity index (χ4v) is 10.5. The molecule has 0 spiro atoms. The molecule has 10 rings (SSSR count). The van der Waals surface area contributed by atoms with Gasteiger partial charge in [0.2, 0.25) is 0 Å². The average Bonchev–Trinajstić information content (AvgIpc) is 3.46. The van der Waals surface area contributed by atoms with Crippen molar-refractivity contribution in [2.75, 3.05) is 4.90 Å². The monoisotopic (exact) mass is 657 g/mol. The fourth-order valence-electron chi connectivity index (χ4n) is 7.98. The normalized spacial score (nSPS) is 14.4. The predicted molar refractivity (Wildman–Crippen MR) is 190 cm³/mol. The summed E-state index contributed by atoms with van der Waals surface area (Å²) in [6.07, 6.45) is 7.95. The van der Waals surface area contributed by atoms with Gasteiger partial charge in [0.05, 0.1) is 0 Å². The molecule has 0 atom stereocenters. The molecule has 7 heteroatoms. The zero-order valence-electron chi connectivity index (χ0n) is 25.1. The maximum absolute atomic E-state index is 4.46. The second-order valence-corrected chi connectivity index (χ2v) is 14.6. The molecule has 0 radical (unpaired) electrons. The Morgan fingerprint density at radius 1 is 0.652 bits per heavy atom. The van der Waals surface area contributed by atoms with Crippen molar-refractivity contribution in [3.05, 3.63) is 133 Å². The zero-order valence-corrected chi connectivity index (χ0v) is 26.8. The standard InChI is InChI=1S/C39H28BN5Se/c1-2-9-26(10-3-1)44-34-20-18-27(45-32-13-6-4-11-28(32)29-12-5-7-14-33(29)45)22-31(34)40-30-19-17-25(39-42-23-41-24-43-39)21-37(30)46-36-16-8-15-35(44)38(36)40/h1-4,6,8-11,13,15-24H,5,7,12,14H2. The topological polar surface area (TPSA) is 46.8 Å². The van der Waals surface area contributed by atoms with Crippen LogP contribution in [0.5, 0.6) is 0 Å². The van der Waals surface area contributed by atoms with E-state index >= 15 is 0 Å². The number of rotatable bonds is 3. The van der Waals surface area contributed by atoms with Gasteiger partial charge in [0.1, 0.15) is 0 Å². The van der Waals surface area contributed by atoms with Gasteiger partial charge in [-0.1, -0.05) is 0 Å². The molecule has 4 heterocycles. The predicted octanol–water partition coefficient (Wildman–Crippen LogP) is 4.63. The van der Waals surface area contributed by atoms with E-state index in [9.17, 15) is 0 Å². The Morgan fingerprint density at radius 2 is 1.50 bits per heavy atom. The van der Waals surface area contributed by atoms with Crippen LogP contribution in [-0.2, 0) is 12.8 Å². The first kappa shape index (κ1) is 26.3. The van der Waals surface area contributed by atoms with Crippen LogP contribution in [0.3, 0.4) is 0 Å². The first-order valence-electron chi connectivity index (χ1n) is 16.0. The molecular weight excluding hydrogens is 628 g/mol. The number of aromatic nitrogens is 4.